The van der Waals surface area contributed by atoms with Gasteiger partial charge in [-0.2, -0.15) is 0 Å². The molecule has 0 aromatic heterocycles. The van der Waals surface area contributed by atoms with Crippen LogP contribution in [0.2, 0.25) is 0 Å². The molecule has 0 aliphatic heterocycles. The average molecular weight is 384 g/mol. The third kappa shape index (κ3) is 10.6. The first kappa shape index (κ1) is 25.2. The topological polar surface area (TPSA) is 143 Å². The number of hydrogen-bond acceptors (Lipinski definition) is 4. The van der Waals surface area contributed by atoms with Gasteiger partial charge in [0.15, 0.2) is 0 Å². The normalized spacial score (nSPS) is 11.1. The molecule has 112 valence electrons. The van der Waals surface area contributed by atoms with Crippen LogP contribution in [0.3, 0.4) is 0 Å². The fourth-order valence-corrected chi connectivity index (χ4v) is 1.82. The third-order valence-corrected chi connectivity index (χ3v) is 3.19. The number of hydrogen-bond donors (Lipinski definition) is 0. The molecule has 0 radical (unpaired) electrons. The first-order chi connectivity index (χ1) is 8.61. The van der Waals surface area contributed by atoms with Crippen LogP contribution in [0.1, 0.15) is 0 Å². The van der Waals surface area contributed by atoms with Gasteiger partial charge in [0.1, 0.15) is 0 Å². The van der Waals surface area contributed by atoms with Crippen LogP contribution < -0.4 is 0 Å². The fourth-order valence-electron chi connectivity index (χ4n) is 1.06. The molecule has 2 unspecified atom stereocenters. The molecule has 2 aromatic rings. The van der Waals surface area contributed by atoms with E-state index in [0.717, 1.165) is 0 Å². The summed E-state index contributed by atoms with van der Waals surface area (Å²) >= 11 is -4.16. The van der Waals surface area contributed by atoms with Gasteiger partial charge in [-0.3, -0.25) is 8.42 Å². The summed E-state index contributed by atoms with van der Waals surface area (Å²) in [5.41, 5.74) is 0. The molecule has 0 saturated carbocycles. The zero-order chi connectivity index (χ0) is 13.4. The first-order valence-electron chi connectivity index (χ1n) is 4.90. The summed E-state index contributed by atoms with van der Waals surface area (Å²) in [4.78, 5) is 0.662. The van der Waals surface area contributed by atoms with Crippen molar-refractivity contribution in [3.05, 3.63) is 60.7 Å². The third-order valence-electron chi connectivity index (χ3n) is 1.87. The standard InChI is InChI=1S/2C6H6O2S.2H2O.Zn/c2*7-9(8)6-4-2-1-3-5-6;;;/h2*1-5H,(H,7,8);2*1H2;/q;;;;+2/p-2. The van der Waals surface area contributed by atoms with Crippen LogP contribution in [0.5, 0.6) is 0 Å². The molecule has 9 heteroatoms. The zero-order valence-corrected chi connectivity index (χ0v) is 15.5. The van der Waals surface area contributed by atoms with Crippen molar-refractivity contribution in [3.63, 3.8) is 0 Å². The van der Waals surface area contributed by atoms with E-state index in [0.29, 0.717) is 9.79 Å². The van der Waals surface area contributed by atoms with E-state index in [1.165, 1.54) is 0 Å². The zero-order valence-electron chi connectivity index (χ0n) is 10.9. The van der Waals surface area contributed by atoms with E-state index in [4.69, 9.17) is 0 Å². The number of rotatable bonds is 2. The van der Waals surface area contributed by atoms with E-state index >= 15 is 0 Å². The Morgan fingerprint density at radius 3 is 1.00 bits per heavy atom. The molecule has 21 heavy (non-hydrogen) atoms. The van der Waals surface area contributed by atoms with Crippen molar-refractivity contribution in [3.8, 4) is 0 Å². The van der Waals surface area contributed by atoms with Gasteiger partial charge in [-0.15, -0.1) is 0 Å². The molecule has 0 aliphatic carbocycles. The molecule has 0 bridgehead atoms. The largest absolute Gasteiger partial charge is 2.00 e. The Morgan fingerprint density at radius 1 is 0.619 bits per heavy atom. The molecular weight excluding hydrogens is 370 g/mol. The smallest absolute Gasteiger partial charge is 0.768 e. The molecule has 0 saturated heterocycles. The van der Waals surface area contributed by atoms with Crippen molar-refractivity contribution in [2.24, 2.45) is 0 Å². The van der Waals surface area contributed by atoms with Crippen molar-refractivity contribution in [1.29, 1.82) is 0 Å². The molecule has 4 N–H and O–H groups in total. The average Bonchev–Trinajstić information content (AvgIpc) is 2.41. The van der Waals surface area contributed by atoms with Gasteiger partial charge in [0.25, 0.3) is 0 Å². The Hall–Kier alpha value is -0.797. The van der Waals surface area contributed by atoms with E-state index in [2.05, 4.69) is 0 Å². The molecule has 6 nitrogen and oxygen atoms in total. The van der Waals surface area contributed by atoms with Crippen LogP contribution in [-0.2, 0) is 41.6 Å². The molecule has 2 aromatic carbocycles. The van der Waals surface area contributed by atoms with Crippen molar-refractivity contribution >= 4 is 22.2 Å². The van der Waals surface area contributed by atoms with E-state index < -0.39 is 22.2 Å². The fraction of sp³-hybridized carbons (Fsp3) is 0. The molecule has 0 heterocycles. The van der Waals surface area contributed by atoms with Gasteiger partial charge in [0, 0.05) is 9.79 Å². The molecule has 0 spiro atoms. The second-order valence-corrected chi connectivity index (χ2v) is 4.98. The summed E-state index contributed by atoms with van der Waals surface area (Å²) in [5.74, 6) is 0. The maximum absolute atomic E-state index is 10.2. The van der Waals surface area contributed by atoms with E-state index in [1.807, 2.05) is 0 Å². The van der Waals surface area contributed by atoms with Crippen LogP contribution in [0.15, 0.2) is 70.5 Å². The minimum absolute atomic E-state index is 0. The Labute approximate surface area is 140 Å². The van der Waals surface area contributed by atoms with Crippen molar-refractivity contribution in [2.75, 3.05) is 0 Å². The van der Waals surface area contributed by atoms with Crippen LogP contribution in [0.25, 0.3) is 0 Å². The minimum atomic E-state index is -2.08. The molecule has 0 amide bonds. The van der Waals surface area contributed by atoms with Gasteiger partial charge in [-0.25, -0.2) is 0 Å². The Morgan fingerprint density at radius 2 is 0.857 bits per heavy atom. The molecular formula is C12H14O6S2Zn. The SMILES string of the molecule is O.O.O=S([O-])c1ccccc1.O=S([O-])c1ccccc1.[Zn+2]. The van der Waals surface area contributed by atoms with Gasteiger partial charge in [-0.05, 0) is 46.4 Å². The summed E-state index contributed by atoms with van der Waals surface area (Å²) in [6.07, 6.45) is 0. The molecule has 0 fully saturated rings. The Balaban J connectivity index is -0.000000270. The predicted octanol–water partition coefficient (Wildman–Crippen LogP) is 0.197. The van der Waals surface area contributed by atoms with E-state index in [-0.39, 0.29) is 30.4 Å². The maximum Gasteiger partial charge on any atom is 2.00 e. The van der Waals surface area contributed by atoms with Gasteiger partial charge in [-0.1, -0.05) is 36.4 Å². The van der Waals surface area contributed by atoms with Crippen molar-refractivity contribution in [1.82, 2.24) is 0 Å². The molecule has 2 rings (SSSR count). The second kappa shape index (κ2) is 14.2. The van der Waals surface area contributed by atoms with Gasteiger partial charge in [0.05, 0.1) is 0 Å². The Kier molecular flexibility index (Phi) is 17.0. The maximum atomic E-state index is 10.2. The Bertz CT molecular complexity index is 474. The van der Waals surface area contributed by atoms with E-state index in [9.17, 15) is 17.5 Å². The van der Waals surface area contributed by atoms with Crippen LogP contribution >= 0.6 is 0 Å². The summed E-state index contributed by atoms with van der Waals surface area (Å²) in [5, 5.41) is 0. The minimum Gasteiger partial charge on any atom is -0.768 e. The van der Waals surface area contributed by atoms with E-state index in [1.54, 1.807) is 60.7 Å². The monoisotopic (exact) mass is 382 g/mol. The quantitative estimate of drug-likeness (QED) is 0.538. The van der Waals surface area contributed by atoms with Gasteiger partial charge in [0.2, 0.25) is 0 Å². The van der Waals surface area contributed by atoms with Crippen molar-refractivity contribution in [2.45, 2.75) is 9.79 Å². The molecule has 0 aliphatic rings. The van der Waals surface area contributed by atoms with Crippen LogP contribution in [-0.4, -0.2) is 28.5 Å². The van der Waals surface area contributed by atoms with Gasteiger partial charge >= 0.3 is 19.5 Å². The predicted molar refractivity (Wildman–Crippen MR) is 74.5 cm³/mol. The summed E-state index contributed by atoms with van der Waals surface area (Å²) < 4.78 is 40.8. The second-order valence-electron chi connectivity index (χ2n) is 3.10. The van der Waals surface area contributed by atoms with Crippen LogP contribution in [0.4, 0.5) is 0 Å². The molecule has 2 atom stereocenters. The summed E-state index contributed by atoms with van der Waals surface area (Å²) in [7, 11) is 0. The van der Waals surface area contributed by atoms with Gasteiger partial charge < -0.3 is 20.1 Å². The van der Waals surface area contributed by atoms with Crippen molar-refractivity contribution < 1.29 is 48.0 Å². The van der Waals surface area contributed by atoms with Crippen LogP contribution in [0, 0.1) is 0 Å². The first-order valence-corrected chi connectivity index (χ1v) is 7.05. The summed E-state index contributed by atoms with van der Waals surface area (Å²) in [6, 6.07) is 16.5. The number of benzene rings is 2. The summed E-state index contributed by atoms with van der Waals surface area (Å²) in [6.45, 7) is 0.